The van der Waals surface area contributed by atoms with Crippen LogP contribution in [0.2, 0.25) is 10.0 Å². The Kier molecular flexibility index (Phi) is 7.33. The normalized spacial score (nSPS) is 12.6. The first-order chi connectivity index (χ1) is 12.8. The maximum Gasteiger partial charge on any atom is 0.347 e. The number of amides is 1. The minimum Gasteiger partial charge on any atom is -0.495 e. The number of benzene rings is 2. The van der Waals surface area contributed by atoms with Crippen LogP contribution >= 0.6 is 23.2 Å². The van der Waals surface area contributed by atoms with Gasteiger partial charge in [0, 0.05) is 10.7 Å². The van der Waals surface area contributed by atoms with E-state index in [2.05, 4.69) is 5.32 Å². The van der Waals surface area contributed by atoms with Gasteiger partial charge in [0.25, 0.3) is 5.91 Å². The molecular weight excluding hydrogens is 393 g/mol. The molecule has 0 heterocycles. The van der Waals surface area contributed by atoms with E-state index in [0.717, 1.165) is 0 Å². The van der Waals surface area contributed by atoms with Crippen molar-refractivity contribution < 1.29 is 23.8 Å². The van der Waals surface area contributed by atoms with Crippen molar-refractivity contribution in [3.8, 4) is 11.5 Å². The summed E-state index contributed by atoms with van der Waals surface area (Å²) in [6, 6.07) is 11.3. The Morgan fingerprint density at radius 3 is 2.26 bits per heavy atom. The predicted octanol–water partition coefficient (Wildman–Crippen LogP) is 4.34. The van der Waals surface area contributed by atoms with Crippen molar-refractivity contribution in [1.29, 1.82) is 0 Å². The maximum absolute atomic E-state index is 12.2. The van der Waals surface area contributed by atoms with Crippen molar-refractivity contribution in [3.05, 3.63) is 52.5 Å². The number of ether oxygens (including phenoxy) is 3. The highest BCUT2D eigenvalue weighted by Crippen LogP contribution is 2.27. The molecule has 1 N–H and O–H groups in total. The molecule has 27 heavy (non-hydrogen) atoms. The molecule has 2 aromatic rings. The molecule has 0 aliphatic heterocycles. The van der Waals surface area contributed by atoms with E-state index in [4.69, 9.17) is 37.4 Å². The fraction of sp³-hybridized carbons (Fsp3) is 0.263. The summed E-state index contributed by atoms with van der Waals surface area (Å²) < 4.78 is 15.7. The zero-order valence-corrected chi connectivity index (χ0v) is 16.5. The van der Waals surface area contributed by atoms with Gasteiger partial charge in [-0.15, -0.1) is 0 Å². The number of methoxy groups -OCH3 is 1. The average molecular weight is 412 g/mol. The van der Waals surface area contributed by atoms with Crippen molar-refractivity contribution >= 4 is 40.8 Å². The molecule has 0 fully saturated rings. The van der Waals surface area contributed by atoms with Gasteiger partial charge in [-0.25, -0.2) is 4.79 Å². The number of carbonyl (C=O) groups excluding carboxylic acids is 2. The van der Waals surface area contributed by atoms with E-state index < -0.39 is 24.1 Å². The second kappa shape index (κ2) is 9.48. The first-order valence-electron chi connectivity index (χ1n) is 8.07. The largest absolute Gasteiger partial charge is 0.495 e. The minimum absolute atomic E-state index is 0.352. The number of rotatable bonds is 7. The zero-order valence-electron chi connectivity index (χ0n) is 15.0. The van der Waals surface area contributed by atoms with Crippen LogP contribution in [0.4, 0.5) is 5.69 Å². The third-order valence-corrected chi connectivity index (χ3v) is 4.09. The van der Waals surface area contributed by atoms with Gasteiger partial charge < -0.3 is 19.5 Å². The maximum atomic E-state index is 12.2. The van der Waals surface area contributed by atoms with Crippen molar-refractivity contribution in [1.82, 2.24) is 0 Å². The molecule has 2 atom stereocenters. The van der Waals surface area contributed by atoms with Gasteiger partial charge in [-0.2, -0.15) is 0 Å². The van der Waals surface area contributed by atoms with Crippen LogP contribution in [0.25, 0.3) is 0 Å². The number of hydrogen-bond acceptors (Lipinski definition) is 5. The van der Waals surface area contributed by atoms with Gasteiger partial charge >= 0.3 is 5.97 Å². The number of anilines is 1. The van der Waals surface area contributed by atoms with Crippen molar-refractivity contribution in [2.45, 2.75) is 26.1 Å². The number of hydrogen-bond donors (Lipinski definition) is 1. The summed E-state index contributed by atoms with van der Waals surface area (Å²) in [4.78, 5) is 24.3. The lowest BCUT2D eigenvalue weighted by Crippen LogP contribution is -2.35. The second-order valence-electron chi connectivity index (χ2n) is 5.63. The molecule has 0 saturated heterocycles. The first kappa shape index (κ1) is 20.9. The molecule has 0 radical (unpaired) electrons. The summed E-state index contributed by atoms with van der Waals surface area (Å²) in [6.45, 7) is 3.00. The second-order valence-corrected chi connectivity index (χ2v) is 6.48. The highest BCUT2D eigenvalue weighted by atomic mass is 35.5. The summed E-state index contributed by atoms with van der Waals surface area (Å²) in [7, 11) is 1.49. The Labute approximate surface area is 167 Å². The van der Waals surface area contributed by atoms with Crippen LogP contribution < -0.4 is 14.8 Å². The molecule has 6 nitrogen and oxygen atoms in total. The molecule has 0 saturated carbocycles. The third-order valence-electron chi connectivity index (χ3n) is 3.54. The number of halogens is 2. The van der Waals surface area contributed by atoms with E-state index in [9.17, 15) is 9.59 Å². The van der Waals surface area contributed by atoms with Gasteiger partial charge in [-0.3, -0.25) is 4.79 Å². The van der Waals surface area contributed by atoms with Gasteiger partial charge in [0.2, 0.25) is 0 Å². The molecule has 2 aromatic carbocycles. The molecule has 0 aromatic heterocycles. The standard InChI is InChI=1S/C19H19Cl2NO5/c1-11(18(23)22-14-6-9-17(25-3)16(21)10-14)27-19(24)12(2)26-15-7-4-13(20)5-8-15/h4-12H,1-3H3,(H,22,23)/t11-,12-/m1/s1. The Hall–Kier alpha value is -2.44. The molecule has 0 spiro atoms. The van der Waals surface area contributed by atoms with E-state index in [1.165, 1.54) is 21.0 Å². The van der Waals surface area contributed by atoms with E-state index in [-0.39, 0.29) is 0 Å². The molecule has 0 aliphatic rings. The van der Waals surface area contributed by atoms with Gasteiger partial charge in [0.1, 0.15) is 11.5 Å². The molecule has 1 amide bonds. The van der Waals surface area contributed by atoms with Crippen LogP contribution in [0.1, 0.15) is 13.8 Å². The predicted molar refractivity (Wildman–Crippen MR) is 104 cm³/mol. The van der Waals surface area contributed by atoms with Gasteiger partial charge in [0.15, 0.2) is 12.2 Å². The molecule has 144 valence electrons. The SMILES string of the molecule is COc1ccc(NC(=O)[C@@H](C)OC(=O)[C@@H](C)Oc2ccc(Cl)cc2)cc1Cl. The Balaban J connectivity index is 1.89. The lowest BCUT2D eigenvalue weighted by molar-refractivity contribution is -0.159. The number of esters is 1. The highest BCUT2D eigenvalue weighted by Gasteiger charge is 2.23. The lowest BCUT2D eigenvalue weighted by atomic mass is 10.2. The van der Waals surface area contributed by atoms with Crippen molar-refractivity contribution in [2.24, 2.45) is 0 Å². The Morgan fingerprint density at radius 2 is 1.67 bits per heavy atom. The zero-order chi connectivity index (χ0) is 20.0. The highest BCUT2D eigenvalue weighted by molar-refractivity contribution is 6.32. The monoisotopic (exact) mass is 411 g/mol. The van der Waals surface area contributed by atoms with E-state index >= 15 is 0 Å². The van der Waals surface area contributed by atoms with Crippen LogP contribution in [0.3, 0.4) is 0 Å². The minimum atomic E-state index is -1.02. The molecule has 0 bridgehead atoms. The number of nitrogens with one attached hydrogen (secondary N) is 1. The van der Waals surface area contributed by atoms with E-state index in [0.29, 0.717) is 27.2 Å². The van der Waals surface area contributed by atoms with E-state index in [1.807, 2.05) is 0 Å². The number of carbonyl (C=O) groups is 2. The summed E-state index contributed by atoms with van der Waals surface area (Å²) in [5.74, 6) is -0.209. The van der Waals surface area contributed by atoms with Crippen LogP contribution in [0, 0.1) is 0 Å². The summed E-state index contributed by atoms with van der Waals surface area (Å²) in [5.41, 5.74) is 0.458. The van der Waals surface area contributed by atoms with E-state index in [1.54, 1.807) is 42.5 Å². The third kappa shape index (κ3) is 6.05. The van der Waals surface area contributed by atoms with Crippen molar-refractivity contribution in [3.63, 3.8) is 0 Å². The van der Waals surface area contributed by atoms with Crippen molar-refractivity contribution in [2.75, 3.05) is 12.4 Å². The quantitative estimate of drug-likeness (QED) is 0.685. The molecule has 2 rings (SSSR count). The van der Waals surface area contributed by atoms with Crippen LogP contribution in [-0.2, 0) is 14.3 Å². The van der Waals surface area contributed by atoms with Gasteiger partial charge in [0.05, 0.1) is 12.1 Å². The molecular formula is C19H19Cl2NO5. The van der Waals surface area contributed by atoms with Crippen LogP contribution in [0.5, 0.6) is 11.5 Å². The van der Waals surface area contributed by atoms with Crippen LogP contribution in [0.15, 0.2) is 42.5 Å². The first-order valence-corrected chi connectivity index (χ1v) is 8.83. The molecule has 0 unspecified atom stereocenters. The Morgan fingerprint density at radius 1 is 1.00 bits per heavy atom. The average Bonchev–Trinajstić information content (AvgIpc) is 2.63. The smallest absolute Gasteiger partial charge is 0.347 e. The molecule has 0 aliphatic carbocycles. The Bertz CT molecular complexity index is 810. The lowest BCUT2D eigenvalue weighted by Gasteiger charge is -2.18. The molecule has 8 heteroatoms. The fourth-order valence-electron chi connectivity index (χ4n) is 2.08. The fourth-order valence-corrected chi connectivity index (χ4v) is 2.46. The van der Waals surface area contributed by atoms with Gasteiger partial charge in [-0.05, 0) is 56.3 Å². The summed E-state index contributed by atoms with van der Waals surface area (Å²) >= 11 is 11.8. The topological polar surface area (TPSA) is 73.9 Å². The van der Waals surface area contributed by atoms with Crippen LogP contribution in [-0.4, -0.2) is 31.2 Å². The van der Waals surface area contributed by atoms with Gasteiger partial charge in [-0.1, -0.05) is 23.2 Å². The summed E-state index contributed by atoms with van der Waals surface area (Å²) in [5, 5.41) is 3.53. The summed E-state index contributed by atoms with van der Waals surface area (Å²) in [6.07, 6.45) is -1.91.